The number of hydrogen-bond acceptors (Lipinski definition) is 4. The van der Waals surface area contributed by atoms with Crippen molar-refractivity contribution in [2.75, 3.05) is 0 Å². The van der Waals surface area contributed by atoms with Crippen LogP contribution in [0.2, 0.25) is 0 Å². The van der Waals surface area contributed by atoms with E-state index in [0.29, 0.717) is 0 Å². The van der Waals surface area contributed by atoms with Gasteiger partial charge in [-0.05, 0) is 24.3 Å². The Kier molecular flexibility index (Phi) is 6.07. The Morgan fingerprint density at radius 1 is 0.875 bits per heavy atom. The second-order valence-corrected chi connectivity index (χ2v) is 6.70. The van der Waals surface area contributed by atoms with Crippen LogP contribution in [-0.2, 0) is 20.1 Å². The summed E-state index contributed by atoms with van der Waals surface area (Å²) in [6.07, 6.45) is 3.96. The molecule has 0 saturated heterocycles. The van der Waals surface area contributed by atoms with Crippen LogP contribution in [0.15, 0.2) is 91.4 Å². The first-order valence-electron chi connectivity index (χ1n) is 9.57. The largest absolute Gasteiger partial charge is 0.476 e. The van der Waals surface area contributed by atoms with Gasteiger partial charge < -0.3 is 9.67 Å². The number of fused-ring (bicyclic) bond motifs is 5. The molecule has 0 atom stereocenters. The molecule has 0 bridgehead atoms. The molecule has 0 spiro atoms. The molecule has 6 aromatic rings. The van der Waals surface area contributed by atoms with E-state index in [0.717, 1.165) is 33.5 Å². The average Bonchev–Trinajstić information content (AvgIpc) is 3.35. The fourth-order valence-corrected chi connectivity index (χ4v) is 3.52. The van der Waals surface area contributed by atoms with Crippen molar-refractivity contribution >= 4 is 33.8 Å². The van der Waals surface area contributed by atoms with Crippen molar-refractivity contribution in [1.82, 2.24) is 23.9 Å². The number of carboxylic acids is 1. The fraction of sp³-hybridized carbons (Fsp3) is 0. The summed E-state index contributed by atoms with van der Waals surface area (Å²) in [4.78, 5) is 22.0. The number of hydrogen-bond donors (Lipinski definition) is 1. The molecule has 8 heteroatoms. The molecule has 0 fully saturated rings. The Hall–Kier alpha value is -3.87. The van der Waals surface area contributed by atoms with Crippen LogP contribution in [0.5, 0.6) is 0 Å². The molecule has 0 saturated carbocycles. The zero-order valence-electron chi connectivity index (χ0n) is 16.6. The van der Waals surface area contributed by atoms with Crippen LogP contribution in [0.3, 0.4) is 0 Å². The average molecular weight is 599 g/mol. The van der Waals surface area contributed by atoms with Crippen LogP contribution in [0.25, 0.3) is 33.5 Å². The Balaban J connectivity index is 0.000000209. The predicted molar refractivity (Wildman–Crippen MR) is 117 cm³/mol. The van der Waals surface area contributed by atoms with Gasteiger partial charge in [-0.2, -0.15) is 24.3 Å². The van der Waals surface area contributed by atoms with Crippen molar-refractivity contribution in [2.24, 2.45) is 0 Å². The SMILES string of the molecule is O=C(O)c1cnccn1.[Ir].[c-]1ccccc1-n1c2ccccc2n2c3ccccc3nc12. The van der Waals surface area contributed by atoms with Crippen molar-refractivity contribution in [2.45, 2.75) is 0 Å². The number of carboxylic acid groups (broad SMARTS) is 1. The number of rotatable bonds is 2. The minimum absolute atomic E-state index is 0. The van der Waals surface area contributed by atoms with Crippen molar-refractivity contribution in [3.63, 3.8) is 0 Å². The van der Waals surface area contributed by atoms with Crippen LogP contribution >= 0.6 is 0 Å². The minimum atomic E-state index is -1.05. The van der Waals surface area contributed by atoms with E-state index in [1.54, 1.807) is 0 Å². The number of imidazole rings is 2. The molecule has 3 aromatic carbocycles. The Morgan fingerprint density at radius 3 is 2.25 bits per heavy atom. The fourth-order valence-electron chi connectivity index (χ4n) is 3.52. The number of para-hydroxylation sites is 5. The summed E-state index contributed by atoms with van der Waals surface area (Å²) >= 11 is 0. The standard InChI is InChI=1S/C19H12N3.C5H4N2O2.Ir/c1-2-8-14(9-3-1)21-17-12-6-7-13-18(17)22-16-11-5-4-10-15(16)20-19(21)22;8-5(9)4-3-6-1-2-7-4;/h1-8,10-13H;1-3H,(H,8,9);/q-1;;. The van der Waals surface area contributed by atoms with Crippen LogP contribution in [0.1, 0.15) is 10.5 Å². The summed E-state index contributed by atoms with van der Waals surface area (Å²) in [5.74, 6) is -0.132. The quantitative estimate of drug-likeness (QED) is 0.299. The normalized spacial score (nSPS) is 10.5. The van der Waals surface area contributed by atoms with Crippen LogP contribution < -0.4 is 0 Å². The Labute approximate surface area is 196 Å². The molecule has 32 heavy (non-hydrogen) atoms. The summed E-state index contributed by atoms with van der Waals surface area (Å²) in [7, 11) is 0. The van der Waals surface area contributed by atoms with Gasteiger partial charge in [-0.1, -0.05) is 30.0 Å². The third-order valence-electron chi connectivity index (χ3n) is 4.82. The molecule has 0 aliphatic carbocycles. The molecule has 1 radical (unpaired) electrons. The van der Waals surface area contributed by atoms with Gasteiger partial charge >= 0.3 is 5.97 Å². The van der Waals surface area contributed by atoms with E-state index in [1.807, 2.05) is 24.3 Å². The van der Waals surface area contributed by atoms with E-state index in [-0.39, 0.29) is 25.8 Å². The molecule has 7 nitrogen and oxygen atoms in total. The third kappa shape index (κ3) is 3.77. The maximum atomic E-state index is 10.1. The van der Waals surface area contributed by atoms with Crippen LogP contribution in [0, 0.1) is 6.07 Å². The zero-order chi connectivity index (χ0) is 21.2. The topological polar surface area (TPSA) is 85.3 Å². The van der Waals surface area contributed by atoms with Crippen molar-refractivity contribution in [3.05, 3.63) is 103 Å². The van der Waals surface area contributed by atoms with Gasteiger partial charge in [0.1, 0.15) is 0 Å². The number of aromatic carboxylic acids is 1. The number of carbonyl (C=O) groups is 1. The smallest absolute Gasteiger partial charge is 0.356 e. The molecule has 3 aromatic heterocycles. The summed E-state index contributed by atoms with van der Waals surface area (Å²) in [6, 6.07) is 27.9. The maximum Gasteiger partial charge on any atom is 0.356 e. The number of nitrogens with zero attached hydrogens (tertiary/aromatic N) is 5. The first kappa shape index (κ1) is 21.4. The summed E-state index contributed by atoms with van der Waals surface area (Å²) in [5, 5.41) is 8.28. The number of benzene rings is 3. The van der Waals surface area contributed by atoms with E-state index in [1.165, 1.54) is 18.6 Å². The maximum absolute atomic E-state index is 10.1. The molecule has 1 N–H and O–H groups in total. The molecule has 0 amide bonds. The van der Waals surface area contributed by atoms with Gasteiger partial charge in [0.2, 0.25) is 5.78 Å². The van der Waals surface area contributed by atoms with Crippen molar-refractivity contribution < 1.29 is 30.0 Å². The van der Waals surface area contributed by atoms with Gasteiger partial charge in [0, 0.05) is 32.5 Å². The van der Waals surface area contributed by atoms with Crippen LogP contribution in [0.4, 0.5) is 0 Å². The van der Waals surface area contributed by atoms with E-state index in [2.05, 4.69) is 73.5 Å². The van der Waals surface area contributed by atoms with Gasteiger partial charge in [-0.25, -0.2) is 14.8 Å². The van der Waals surface area contributed by atoms with Crippen LogP contribution in [-0.4, -0.2) is 35.0 Å². The Morgan fingerprint density at radius 2 is 1.59 bits per heavy atom. The first-order valence-corrected chi connectivity index (χ1v) is 9.57. The predicted octanol–water partition coefficient (Wildman–Crippen LogP) is 4.40. The molecule has 0 unspecified atom stereocenters. The van der Waals surface area contributed by atoms with E-state index < -0.39 is 5.97 Å². The first-order chi connectivity index (χ1) is 15.2. The molecular formula is C24H16IrN5O2-. The third-order valence-corrected chi connectivity index (χ3v) is 4.82. The van der Waals surface area contributed by atoms with E-state index in [4.69, 9.17) is 10.1 Å². The number of aromatic nitrogens is 5. The molecule has 6 rings (SSSR count). The van der Waals surface area contributed by atoms with E-state index in [9.17, 15) is 4.79 Å². The van der Waals surface area contributed by atoms with Gasteiger partial charge in [-0.15, -0.1) is 6.07 Å². The second kappa shape index (κ2) is 9.09. The van der Waals surface area contributed by atoms with Gasteiger partial charge in [-0.3, -0.25) is 9.38 Å². The van der Waals surface area contributed by atoms with Gasteiger partial charge in [0.25, 0.3) is 0 Å². The minimum Gasteiger partial charge on any atom is -0.476 e. The van der Waals surface area contributed by atoms with Gasteiger partial charge in [0.15, 0.2) is 5.69 Å². The monoisotopic (exact) mass is 599 g/mol. The molecule has 159 valence electrons. The molecular weight excluding hydrogens is 583 g/mol. The second-order valence-electron chi connectivity index (χ2n) is 6.70. The molecule has 0 aliphatic heterocycles. The van der Waals surface area contributed by atoms with Crippen molar-refractivity contribution in [1.29, 1.82) is 0 Å². The van der Waals surface area contributed by atoms with Gasteiger partial charge in [0.05, 0.1) is 28.3 Å². The van der Waals surface area contributed by atoms with Crippen molar-refractivity contribution in [3.8, 4) is 5.69 Å². The molecule has 0 aliphatic rings. The zero-order valence-corrected chi connectivity index (χ0v) is 19.0. The molecule has 3 heterocycles. The summed E-state index contributed by atoms with van der Waals surface area (Å²) < 4.78 is 4.38. The Bertz CT molecular complexity index is 1510. The van der Waals surface area contributed by atoms with E-state index >= 15 is 0 Å². The summed E-state index contributed by atoms with van der Waals surface area (Å²) in [5.41, 5.74) is 5.40. The summed E-state index contributed by atoms with van der Waals surface area (Å²) in [6.45, 7) is 0.